The Morgan fingerprint density at radius 1 is 1.03 bits per heavy atom. The monoisotopic (exact) mass is 447 g/mol. The molecule has 0 aliphatic carbocycles. The van der Waals surface area contributed by atoms with Crippen LogP contribution in [0.4, 0.5) is 14.9 Å². The van der Waals surface area contributed by atoms with Crippen LogP contribution in [0.2, 0.25) is 0 Å². The maximum Gasteiger partial charge on any atom is 0.322 e. The minimum absolute atomic E-state index is 0.153. The van der Waals surface area contributed by atoms with Gasteiger partial charge in [-0.1, -0.05) is 64.1 Å². The van der Waals surface area contributed by atoms with Gasteiger partial charge in [0.15, 0.2) is 0 Å². The third-order valence-electron chi connectivity index (χ3n) is 5.78. The second-order valence-electron chi connectivity index (χ2n) is 8.97. The van der Waals surface area contributed by atoms with Gasteiger partial charge in [-0.25, -0.2) is 9.18 Å². The summed E-state index contributed by atoms with van der Waals surface area (Å²) in [6.45, 7) is 13.9. The Morgan fingerprint density at radius 3 is 2.24 bits per heavy atom. The molecule has 1 aromatic heterocycles. The average Bonchev–Trinajstić information content (AvgIpc) is 3.21. The van der Waals surface area contributed by atoms with Crippen LogP contribution in [-0.2, 0) is 13.1 Å². The Balaban J connectivity index is 1.82. The summed E-state index contributed by atoms with van der Waals surface area (Å²) in [5.41, 5.74) is 5.17. The Labute approximate surface area is 196 Å². The van der Waals surface area contributed by atoms with E-state index in [2.05, 4.69) is 62.4 Å². The van der Waals surface area contributed by atoms with E-state index in [-0.39, 0.29) is 11.8 Å². The van der Waals surface area contributed by atoms with Gasteiger partial charge in [-0.2, -0.15) is 0 Å². The molecular formula is C28H34FN3O. The zero-order valence-electron chi connectivity index (χ0n) is 20.0. The zero-order valence-corrected chi connectivity index (χ0v) is 20.0. The summed E-state index contributed by atoms with van der Waals surface area (Å²) in [7, 11) is 0. The number of aromatic nitrogens is 1. The lowest BCUT2D eigenvalue weighted by Crippen LogP contribution is -2.36. The van der Waals surface area contributed by atoms with Crippen LogP contribution in [0.5, 0.6) is 0 Å². The molecule has 0 aliphatic rings. The second-order valence-corrected chi connectivity index (χ2v) is 8.97. The first kappa shape index (κ1) is 24.3. The van der Waals surface area contributed by atoms with Crippen molar-refractivity contribution in [3.63, 3.8) is 0 Å². The fraction of sp³-hybridized carbons (Fsp3) is 0.321. The summed E-state index contributed by atoms with van der Waals surface area (Å²) >= 11 is 0. The summed E-state index contributed by atoms with van der Waals surface area (Å²) in [4.78, 5) is 15.2. The highest BCUT2D eigenvalue weighted by Crippen LogP contribution is 2.32. The first-order valence-corrected chi connectivity index (χ1v) is 11.5. The van der Waals surface area contributed by atoms with Crippen molar-refractivity contribution < 1.29 is 9.18 Å². The fourth-order valence-electron chi connectivity index (χ4n) is 3.99. The fourth-order valence-corrected chi connectivity index (χ4v) is 3.99. The number of halogens is 1. The molecular weight excluding hydrogens is 413 g/mol. The Kier molecular flexibility index (Phi) is 8.10. The number of carbonyl (C=O) groups excluding carboxylic acids is 1. The number of nitrogens with zero attached hydrogens (tertiary/aromatic N) is 2. The van der Waals surface area contributed by atoms with Gasteiger partial charge in [0, 0.05) is 30.7 Å². The highest BCUT2D eigenvalue weighted by atomic mass is 19.1. The van der Waals surface area contributed by atoms with E-state index >= 15 is 0 Å². The number of rotatable bonds is 9. The van der Waals surface area contributed by atoms with Crippen LogP contribution in [-0.4, -0.2) is 22.0 Å². The van der Waals surface area contributed by atoms with Gasteiger partial charge in [-0.05, 0) is 52.8 Å². The van der Waals surface area contributed by atoms with Crippen LogP contribution >= 0.6 is 0 Å². The molecule has 33 heavy (non-hydrogen) atoms. The van der Waals surface area contributed by atoms with Gasteiger partial charge in [0.2, 0.25) is 0 Å². The first-order chi connectivity index (χ1) is 15.8. The lowest BCUT2D eigenvalue weighted by molar-refractivity contribution is 0.213. The largest absolute Gasteiger partial charge is 0.345 e. The van der Waals surface area contributed by atoms with Crippen molar-refractivity contribution in [2.75, 3.05) is 11.9 Å². The molecule has 0 saturated heterocycles. The van der Waals surface area contributed by atoms with Crippen LogP contribution in [0.3, 0.4) is 0 Å². The van der Waals surface area contributed by atoms with Crippen molar-refractivity contribution >= 4 is 11.7 Å². The van der Waals surface area contributed by atoms with Crippen molar-refractivity contribution in [2.24, 2.45) is 0 Å². The molecule has 3 aromatic rings. The van der Waals surface area contributed by atoms with Crippen molar-refractivity contribution in [3.8, 4) is 0 Å². The molecule has 2 aromatic carbocycles. The molecule has 0 radical (unpaired) electrons. The van der Waals surface area contributed by atoms with E-state index in [9.17, 15) is 9.18 Å². The molecule has 0 bridgehead atoms. The third kappa shape index (κ3) is 6.13. The van der Waals surface area contributed by atoms with Crippen molar-refractivity contribution in [1.82, 2.24) is 9.47 Å². The molecule has 3 rings (SSSR count). The highest BCUT2D eigenvalue weighted by Gasteiger charge is 2.20. The first-order valence-electron chi connectivity index (χ1n) is 11.5. The summed E-state index contributed by atoms with van der Waals surface area (Å²) < 4.78 is 15.3. The second kappa shape index (κ2) is 11.0. The minimum atomic E-state index is -0.247. The quantitative estimate of drug-likeness (QED) is 0.348. The number of nitrogens with one attached hydrogen (secondary N) is 1. The van der Waals surface area contributed by atoms with E-state index < -0.39 is 0 Å². The van der Waals surface area contributed by atoms with Crippen molar-refractivity contribution in [1.29, 1.82) is 0 Å². The van der Waals surface area contributed by atoms with E-state index in [4.69, 9.17) is 0 Å². The maximum absolute atomic E-state index is 13.4. The number of hydrogen-bond donors (Lipinski definition) is 1. The molecule has 0 atom stereocenters. The molecule has 4 nitrogen and oxygen atoms in total. The van der Waals surface area contributed by atoms with Gasteiger partial charge >= 0.3 is 6.03 Å². The molecule has 0 fully saturated rings. The zero-order chi connectivity index (χ0) is 24.0. The molecule has 0 spiro atoms. The van der Waals surface area contributed by atoms with Gasteiger partial charge in [0.1, 0.15) is 5.82 Å². The van der Waals surface area contributed by atoms with E-state index in [0.717, 1.165) is 28.1 Å². The highest BCUT2D eigenvalue weighted by molar-refractivity contribution is 5.91. The van der Waals surface area contributed by atoms with E-state index in [1.807, 2.05) is 18.3 Å². The maximum atomic E-state index is 13.4. The Morgan fingerprint density at radius 2 is 1.67 bits per heavy atom. The van der Waals surface area contributed by atoms with Crippen molar-refractivity contribution in [2.45, 2.75) is 52.6 Å². The van der Waals surface area contributed by atoms with E-state index in [0.29, 0.717) is 31.5 Å². The standard InChI is InChI=1S/C28H34FN3O/c1-6-16-32(19-24-9-8-17-31(24)18-22-12-14-23(29)15-13-22)28(33)30-27-25(20(2)3)10-7-11-26(27)21(4)5/h6-15,17,20-21H,1,16,18-19H2,2-5H3,(H,30,33). The number of para-hydroxylation sites is 1. The van der Waals surface area contributed by atoms with Gasteiger partial charge < -0.3 is 14.8 Å². The molecule has 1 N–H and O–H groups in total. The lowest BCUT2D eigenvalue weighted by Gasteiger charge is -2.26. The molecule has 0 aliphatic heterocycles. The number of anilines is 1. The van der Waals surface area contributed by atoms with E-state index in [1.165, 1.54) is 12.1 Å². The molecule has 1 heterocycles. The lowest BCUT2D eigenvalue weighted by atomic mass is 9.93. The molecule has 0 unspecified atom stereocenters. The average molecular weight is 448 g/mol. The topological polar surface area (TPSA) is 37.3 Å². The number of benzene rings is 2. The predicted octanol–water partition coefficient (Wildman–Crippen LogP) is 7.14. The number of carbonyl (C=O) groups is 1. The Bertz CT molecular complexity index is 1060. The number of amides is 2. The van der Waals surface area contributed by atoms with Crippen LogP contribution in [0, 0.1) is 5.82 Å². The SMILES string of the molecule is C=CCN(Cc1cccn1Cc1ccc(F)cc1)C(=O)Nc1c(C(C)C)cccc1C(C)C. The van der Waals surface area contributed by atoms with Crippen LogP contribution < -0.4 is 5.32 Å². The van der Waals surface area contributed by atoms with Gasteiger partial charge in [-0.3, -0.25) is 0 Å². The van der Waals surface area contributed by atoms with Crippen LogP contribution in [0.15, 0.2) is 73.4 Å². The molecule has 2 amide bonds. The molecule has 5 heteroatoms. The van der Waals surface area contributed by atoms with Crippen LogP contribution in [0.1, 0.15) is 61.9 Å². The van der Waals surface area contributed by atoms with Crippen molar-refractivity contribution in [3.05, 3.63) is 102 Å². The summed E-state index contributed by atoms with van der Waals surface area (Å²) in [5, 5.41) is 3.20. The number of urea groups is 1. The minimum Gasteiger partial charge on any atom is -0.345 e. The predicted molar refractivity (Wildman–Crippen MR) is 134 cm³/mol. The third-order valence-corrected chi connectivity index (χ3v) is 5.78. The normalized spacial score (nSPS) is 11.1. The van der Waals surface area contributed by atoms with Crippen LogP contribution in [0.25, 0.3) is 0 Å². The molecule has 0 saturated carbocycles. The molecule has 174 valence electrons. The van der Waals surface area contributed by atoms with Gasteiger partial charge in [0.25, 0.3) is 0 Å². The summed E-state index contributed by atoms with van der Waals surface area (Å²) in [6.07, 6.45) is 3.72. The smallest absolute Gasteiger partial charge is 0.322 e. The summed E-state index contributed by atoms with van der Waals surface area (Å²) in [5.74, 6) is 0.336. The Hall–Kier alpha value is -3.34. The van der Waals surface area contributed by atoms with E-state index in [1.54, 1.807) is 23.1 Å². The van der Waals surface area contributed by atoms with Gasteiger partial charge in [0.05, 0.1) is 6.54 Å². The number of hydrogen-bond acceptors (Lipinski definition) is 1. The van der Waals surface area contributed by atoms with Gasteiger partial charge in [-0.15, -0.1) is 6.58 Å². The summed E-state index contributed by atoms with van der Waals surface area (Å²) in [6, 6.07) is 16.5.